The lowest BCUT2D eigenvalue weighted by molar-refractivity contribution is -0.119. The lowest BCUT2D eigenvalue weighted by Gasteiger charge is -2.06. The van der Waals surface area contributed by atoms with Gasteiger partial charge in [-0.05, 0) is 17.7 Å². The Morgan fingerprint density at radius 3 is 3.20 bits per heavy atom. The molecular weight excluding hydrogens is 190 g/mol. The minimum absolute atomic E-state index is 0.131. The maximum Gasteiger partial charge on any atom is 0.220 e. The normalized spacial score (nSPS) is 20.8. The van der Waals surface area contributed by atoms with Gasteiger partial charge >= 0.3 is 0 Å². The van der Waals surface area contributed by atoms with E-state index < -0.39 is 0 Å². The number of rotatable bonds is 1. The second-order valence-corrected chi connectivity index (χ2v) is 3.88. The lowest BCUT2D eigenvalue weighted by Crippen LogP contribution is -2.13. The average molecular weight is 201 g/mol. The molecule has 1 atom stereocenters. The number of pyridine rings is 1. The van der Waals surface area contributed by atoms with Gasteiger partial charge in [-0.25, -0.2) is 0 Å². The van der Waals surface area contributed by atoms with Gasteiger partial charge in [-0.15, -0.1) is 0 Å². The van der Waals surface area contributed by atoms with E-state index in [1.807, 2.05) is 18.5 Å². The van der Waals surface area contributed by atoms with Gasteiger partial charge < -0.3 is 10.3 Å². The van der Waals surface area contributed by atoms with Gasteiger partial charge in [-0.2, -0.15) is 0 Å². The largest absolute Gasteiger partial charge is 0.360 e. The summed E-state index contributed by atoms with van der Waals surface area (Å²) in [6.07, 6.45) is 4.31. The van der Waals surface area contributed by atoms with Crippen LogP contribution in [-0.2, 0) is 4.79 Å². The zero-order chi connectivity index (χ0) is 10.3. The molecule has 0 spiro atoms. The summed E-state index contributed by atoms with van der Waals surface area (Å²) in [4.78, 5) is 18.6. The van der Waals surface area contributed by atoms with E-state index in [4.69, 9.17) is 0 Å². The van der Waals surface area contributed by atoms with E-state index in [0.717, 1.165) is 23.1 Å². The average Bonchev–Trinajstić information content (AvgIpc) is 2.84. The molecule has 0 saturated carbocycles. The summed E-state index contributed by atoms with van der Waals surface area (Å²) in [5.74, 6) is 0.407. The molecule has 4 nitrogen and oxygen atoms in total. The molecule has 1 amide bonds. The second kappa shape index (κ2) is 3.08. The van der Waals surface area contributed by atoms with E-state index in [1.54, 1.807) is 0 Å². The molecule has 76 valence electrons. The van der Waals surface area contributed by atoms with Gasteiger partial charge in [-0.3, -0.25) is 9.78 Å². The smallest absolute Gasteiger partial charge is 0.220 e. The number of fused-ring (bicyclic) bond motifs is 1. The van der Waals surface area contributed by atoms with Crippen LogP contribution < -0.4 is 5.32 Å². The van der Waals surface area contributed by atoms with Crippen molar-refractivity contribution < 1.29 is 4.79 Å². The SMILES string of the molecule is O=C1C[C@@H](c2cnc3cc[nH]c3c2)CN1. The van der Waals surface area contributed by atoms with E-state index in [2.05, 4.69) is 21.4 Å². The minimum atomic E-state index is 0.131. The minimum Gasteiger partial charge on any atom is -0.360 e. The molecule has 0 aliphatic carbocycles. The van der Waals surface area contributed by atoms with Crippen LogP contribution >= 0.6 is 0 Å². The quantitative estimate of drug-likeness (QED) is 0.727. The Bertz CT molecular complexity index is 517. The molecule has 1 fully saturated rings. The first kappa shape index (κ1) is 8.47. The molecule has 4 heteroatoms. The molecule has 2 N–H and O–H groups in total. The number of aromatic amines is 1. The summed E-state index contributed by atoms with van der Waals surface area (Å²) in [7, 11) is 0. The van der Waals surface area contributed by atoms with E-state index in [1.165, 1.54) is 0 Å². The number of aromatic nitrogens is 2. The summed E-state index contributed by atoms with van der Waals surface area (Å²) >= 11 is 0. The van der Waals surface area contributed by atoms with E-state index in [-0.39, 0.29) is 11.8 Å². The molecule has 1 aliphatic rings. The summed E-state index contributed by atoms with van der Waals surface area (Å²) in [6, 6.07) is 4.02. The van der Waals surface area contributed by atoms with Crippen molar-refractivity contribution in [2.45, 2.75) is 12.3 Å². The Morgan fingerprint density at radius 2 is 2.40 bits per heavy atom. The van der Waals surface area contributed by atoms with Crippen LogP contribution in [0.25, 0.3) is 11.0 Å². The van der Waals surface area contributed by atoms with Gasteiger partial charge in [0.1, 0.15) is 0 Å². The number of carbonyl (C=O) groups excluding carboxylic acids is 1. The molecule has 3 rings (SSSR count). The molecule has 0 radical (unpaired) electrons. The summed E-state index contributed by atoms with van der Waals surface area (Å²) in [6.45, 7) is 0.729. The van der Waals surface area contributed by atoms with Gasteiger partial charge in [0.2, 0.25) is 5.91 Å². The Morgan fingerprint density at radius 1 is 1.47 bits per heavy atom. The molecule has 2 aromatic rings. The maximum absolute atomic E-state index is 11.1. The number of H-pyrrole nitrogens is 1. The standard InChI is InChI=1S/C11H11N3O/c15-11-4-8(6-14-11)7-3-10-9(13-5-7)1-2-12-10/h1-3,5,8,12H,4,6H2,(H,14,15)/t8-/m1/s1. The molecule has 0 unspecified atom stereocenters. The van der Waals surface area contributed by atoms with Crippen molar-refractivity contribution in [2.75, 3.05) is 6.54 Å². The number of nitrogens with zero attached hydrogens (tertiary/aromatic N) is 1. The second-order valence-electron chi connectivity index (χ2n) is 3.88. The molecule has 0 bridgehead atoms. The third-order valence-corrected chi connectivity index (χ3v) is 2.87. The highest BCUT2D eigenvalue weighted by molar-refractivity contribution is 5.80. The van der Waals surface area contributed by atoms with Crippen molar-refractivity contribution in [1.82, 2.24) is 15.3 Å². The fraction of sp³-hybridized carbons (Fsp3) is 0.273. The van der Waals surface area contributed by atoms with Crippen LogP contribution in [0.4, 0.5) is 0 Å². The highest BCUT2D eigenvalue weighted by Gasteiger charge is 2.23. The van der Waals surface area contributed by atoms with Crippen molar-refractivity contribution in [3.63, 3.8) is 0 Å². The monoisotopic (exact) mass is 201 g/mol. The Kier molecular flexibility index (Phi) is 1.74. The molecule has 2 aromatic heterocycles. The first-order valence-electron chi connectivity index (χ1n) is 5.02. The Balaban J connectivity index is 2.00. The summed E-state index contributed by atoms with van der Waals surface area (Å²) in [5, 5.41) is 2.83. The van der Waals surface area contributed by atoms with Crippen molar-refractivity contribution in [1.29, 1.82) is 0 Å². The van der Waals surface area contributed by atoms with Crippen LogP contribution in [0.2, 0.25) is 0 Å². The zero-order valence-corrected chi connectivity index (χ0v) is 8.16. The zero-order valence-electron chi connectivity index (χ0n) is 8.16. The van der Waals surface area contributed by atoms with Crippen LogP contribution in [0.5, 0.6) is 0 Å². The fourth-order valence-corrected chi connectivity index (χ4v) is 2.01. The van der Waals surface area contributed by atoms with Gasteiger partial charge in [0, 0.05) is 31.3 Å². The first-order valence-corrected chi connectivity index (χ1v) is 5.02. The third kappa shape index (κ3) is 1.38. The number of hydrogen-bond acceptors (Lipinski definition) is 2. The predicted molar refractivity (Wildman–Crippen MR) is 56.5 cm³/mol. The topological polar surface area (TPSA) is 57.8 Å². The van der Waals surface area contributed by atoms with Crippen LogP contribution in [0.3, 0.4) is 0 Å². The maximum atomic E-state index is 11.1. The first-order chi connectivity index (χ1) is 7.33. The number of hydrogen-bond donors (Lipinski definition) is 2. The summed E-state index contributed by atoms with van der Waals surface area (Å²) < 4.78 is 0. The third-order valence-electron chi connectivity index (χ3n) is 2.87. The van der Waals surface area contributed by atoms with Crippen molar-refractivity contribution in [3.8, 4) is 0 Å². The van der Waals surface area contributed by atoms with Gasteiger partial charge in [0.05, 0.1) is 11.0 Å². The number of amides is 1. The van der Waals surface area contributed by atoms with Crippen LogP contribution in [0.1, 0.15) is 17.9 Å². The Labute approximate surface area is 86.7 Å². The highest BCUT2D eigenvalue weighted by Crippen LogP contribution is 2.24. The lowest BCUT2D eigenvalue weighted by atomic mass is 10.00. The molecule has 1 saturated heterocycles. The molecule has 15 heavy (non-hydrogen) atoms. The fourth-order valence-electron chi connectivity index (χ4n) is 2.01. The Hall–Kier alpha value is -1.84. The molecular formula is C11H11N3O. The van der Waals surface area contributed by atoms with Crippen molar-refractivity contribution in [2.24, 2.45) is 0 Å². The van der Waals surface area contributed by atoms with Crippen LogP contribution in [0, 0.1) is 0 Å². The summed E-state index contributed by atoms with van der Waals surface area (Å²) in [5.41, 5.74) is 3.13. The van der Waals surface area contributed by atoms with Crippen LogP contribution in [-0.4, -0.2) is 22.4 Å². The molecule has 3 heterocycles. The number of nitrogens with one attached hydrogen (secondary N) is 2. The van der Waals surface area contributed by atoms with Gasteiger partial charge in [0.15, 0.2) is 0 Å². The van der Waals surface area contributed by atoms with E-state index >= 15 is 0 Å². The molecule has 1 aliphatic heterocycles. The highest BCUT2D eigenvalue weighted by atomic mass is 16.1. The van der Waals surface area contributed by atoms with E-state index in [9.17, 15) is 4.79 Å². The van der Waals surface area contributed by atoms with Gasteiger partial charge in [-0.1, -0.05) is 0 Å². The van der Waals surface area contributed by atoms with Gasteiger partial charge in [0.25, 0.3) is 0 Å². The van der Waals surface area contributed by atoms with Crippen molar-refractivity contribution in [3.05, 3.63) is 30.1 Å². The van der Waals surface area contributed by atoms with Crippen molar-refractivity contribution >= 4 is 16.9 Å². The molecule has 0 aromatic carbocycles. The predicted octanol–water partition coefficient (Wildman–Crippen LogP) is 1.17. The number of carbonyl (C=O) groups is 1. The van der Waals surface area contributed by atoms with Crippen LogP contribution in [0.15, 0.2) is 24.5 Å². The van der Waals surface area contributed by atoms with E-state index in [0.29, 0.717) is 6.42 Å².